The lowest BCUT2D eigenvalue weighted by Gasteiger charge is -2.38. The van der Waals surface area contributed by atoms with Crippen LogP contribution in [0.3, 0.4) is 0 Å². The quantitative estimate of drug-likeness (QED) is 0.844. The van der Waals surface area contributed by atoms with Gasteiger partial charge in [0.15, 0.2) is 6.29 Å². The Labute approximate surface area is 154 Å². The highest BCUT2D eigenvalue weighted by molar-refractivity contribution is 5.79. The summed E-state index contributed by atoms with van der Waals surface area (Å²) in [4.78, 5) is 14.9. The van der Waals surface area contributed by atoms with Gasteiger partial charge in [0, 0.05) is 6.54 Å². The Morgan fingerprint density at radius 3 is 2.35 bits per heavy atom. The monoisotopic (exact) mass is 351 g/mol. The van der Waals surface area contributed by atoms with Crippen molar-refractivity contribution in [2.45, 2.75) is 38.0 Å². The molecule has 136 valence electrons. The Hall–Kier alpha value is -2.17. The normalized spacial score (nSPS) is 21.1. The highest BCUT2D eigenvalue weighted by atomic mass is 16.7. The van der Waals surface area contributed by atoms with Crippen LogP contribution in [0, 0.1) is 0 Å². The van der Waals surface area contributed by atoms with Crippen LogP contribution in [-0.4, -0.2) is 42.9 Å². The molecule has 0 aliphatic carbocycles. The smallest absolute Gasteiger partial charge is 0.227 e. The molecule has 0 radical (unpaired) electrons. The zero-order chi connectivity index (χ0) is 17.8. The maximum atomic E-state index is 12.9. The van der Waals surface area contributed by atoms with E-state index in [9.17, 15) is 4.79 Å². The van der Waals surface area contributed by atoms with E-state index < -0.39 is 0 Å². The minimum atomic E-state index is -0.250. The fourth-order valence-electron chi connectivity index (χ4n) is 3.87. The molecular formula is C22H25NO3. The van der Waals surface area contributed by atoms with Crippen molar-refractivity contribution in [3.8, 4) is 11.1 Å². The number of rotatable bonds is 4. The van der Waals surface area contributed by atoms with Crippen LogP contribution in [0.5, 0.6) is 0 Å². The van der Waals surface area contributed by atoms with Crippen molar-refractivity contribution in [1.29, 1.82) is 0 Å². The molecule has 0 N–H and O–H groups in total. The Bertz CT molecular complexity index is 723. The second kappa shape index (κ2) is 8.02. The standard InChI is InChI=1S/C22H25NO3/c24-21(23-13-5-4-8-20(23)22-25-14-15-26-22)16-17-9-11-19(12-10-17)18-6-2-1-3-7-18/h1-3,6-7,9-12,20,22H,4-5,8,13-16H2. The number of amides is 1. The first kappa shape index (κ1) is 17.3. The van der Waals surface area contributed by atoms with Gasteiger partial charge in [0.2, 0.25) is 5.91 Å². The number of nitrogens with zero attached hydrogens (tertiary/aromatic N) is 1. The highest BCUT2D eigenvalue weighted by Crippen LogP contribution is 2.25. The van der Waals surface area contributed by atoms with Gasteiger partial charge in [-0.15, -0.1) is 0 Å². The molecule has 4 heteroatoms. The van der Waals surface area contributed by atoms with Gasteiger partial charge in [0.05, 0.1) is 25.7 Å². The Morgan fingerprint density at radius 2 is 1.62 bits per heavy atom. The van der Waals surface area contributed by atoms with E-state index in [1.165, 1.54) is 11.1 Å². The minimum Gasteiger partial charge on any atom is -0.348 e. The van der Waals surface area contributed by atoms with Gasteiger partial charge in [-0.25, -0.2) is 0 Å². The molecule has 0 spiro atoms. The first-order valence-electron chi connectivity index (χ1n) is 9.48. The van der Waals surface area contributed by atoms with E-state index in [0.717, 1.165) is 31.4 Å². The molecule has 2 aliphatic rings. The van der Waals surface area contributed by atoms with Crippen LogP contribution < -0.4 is 0 Å². The fourth-order valence-corrected chi connectivity index (χ4v) is 3.87. The van der Waals surface area contributed by atoms with Gasteiger partial charge in [-0.05, 0) is 36.0 Å². The lowest BCUT2D eigenvalue weighted by molar-refractivity contribution is -0.149. The summed E-state index contributed by atoms with van der Waals surface area (Å²) in [6, 6.07) is 18.6. The van der Waals surface area contributed by atoms with Crippen molar-refractivity contribution in [2.24, 2.45) is 0 Å². The molecule has 2 heterocycles. The van der Waals surface area contributed by atoms with Crippen LogP contribution in [-0.2, 0) is 20.7 Å². The van der Waals surface area contributed by atoms with Crippen molar-refractivity contribution in [3.05, 3.63) is 60.2 Å². The van der Waals surface area contributed by atoms with Gasteiger partial charge in [-0.3, -0.25) is 4.79 Å². The number of hydrogen-bond acceptors (Lipinski definition) is 3. The number of piperidine rings is 1. The van der Waals surface area contributed by atoms with Crippen LogP contribution in [0.25, 0.3) is 11.1 Å². The summed E-state index contributed by atoms with van der Waals surface area (Å²) in [7, 11) is 0. The molecule has 0 saturated carbocycles. The van der Waals surface area contributed by atoms with E-state index in [0.29, 0.717) is 19.6 Å². The summed E-state index contributed by atoms with van der Waals surface area (Å²) in [5, 5.41) is 0. The van der Waals surface area contributed by atoms with Crippen LogP contribution in [0.4, 0.5) is 0 Å². The van der Waals surface area contributed by atoms with E-state index >= 15 is 0 Å². The van der Waals surface area contributed by atoms with E-state index in [4.69, 9.17) is 9.47 Å². The summed E-state index contributed by atoms with van der Waals surface area (Å²) < 4.78 is 11.3. The molecule has 1 atom stereocenters. The number of carbonyl (C=O) groups excluding carboxylic acids is 1. The molecule has 1 unspecified atom stereocenters. The first-order valence-corrected chi connectivity index (χ1v) is 9.48. The van der Waals surface area contributed by atoms with Crippen molar-refractivity contribution < 1.29 is 14.3 Å². The molecule has 4 nitrogen and oxygen atoms in total. The molecule has 2 saturated heterocycles. The molecule has 26 heavy (non-hydrogen) atoms. The minimum absolute atomic E-state index is 0.0577. The Kier molecular flexibility index (Phi) is 5.32. The average Bonchev–Trinajstić information content (AvgIpc) is 3.24. The SMILES string of the molecule is O=C(Cc1ccc(-c2ccccc2)cc1)N1CCCCC1C1OCCO1. The maximum absolute atomic E-state index is 12.9. The predicted octanol–water partition coefficient (Wildman–Crippen LogP) is 3.65. The second-order valence-electron chi connectivity index (χ2n) is 7.00. The van der Waals surface area contributed by atoms with E-state index in [-0.39, 0.29) is 18.2 Å². The number of benzene rings is 2. The van der Waals surface area contributed by atoms with Crippen LogP contribution in [0.1, 0.15) is 24.8 Å². The van der Waals surface area contributed by atoms with Gasteiger partial charge in [0.25, 0.3) is 0 Å². The predicted molar refractivity (Wildman–Crippen MR) is 101 cm³/mol. The van der Waals surface area contributed by atoms with Crippen molar-refractivity contribution >= 4 is 5.91 Å². The average molecular weight is 351 g/mol. The maximum Gasteiger partial charge on any atom is 0.227 e. The second-order valence-corrected chi connectivity index (χ2v) is 7.00. The van der Waals surface area contributed by atoms with Crippen molar-refractivity contribution in [1.82, 2.24) is 4.90 Å². The molecule has 2 aromatic rings. The largest absolute Gasteiger partial charge is 0.348 e. The summed E-state index contributed by atoms with van der Waals surface area (Å²) in [6.45, 7) is 2.06. The molecule has 2 fully saturated rings. The van der Waals surface area contributed by atoms with Gasteiger partial charge in [0.1, 0.15) is 0 Å². The number of carbonyl (C=O) groups is 1. The van der Waals surface area contributed by atoms with Crippen LogP contribution in [0.15, 0.2) is 54.6 Å². The molecule has 4 rings (SSSR count). The Morgan fingerprint density at radius 1 is 0.923 bits per heavy atom. The zero-order valence-corrected chi connectivity index (χ0v) is 15.0. The Balaban J connectivity index is 1.43. The zero-order valence-electron chi connectivity index (χ0n) is 15.0. The lowest BCUT2D eigenvalue weighted by Crippen LogP contribution is -2.50. The molecule has 0 bridgehead atoms. The molecule has 0 aromatic heterocycles. The van der Waals surface area contributed by atoms with E-state index in [2.05, 4.69) is 36.4 Å². The fraction of sp³-hybridized carbons (Fsp3) is 0.409. The van der Waals surface area contributed by atoms with E-state index in [1.807, 2.05) is 23.1 Å². The molecule has 2 aliphatic heterocycles. The number of ether oxygens (including phenoxy) is 2. The van der Waals surface area contributed by atoms with Gasteiger partial charge < -0.3 is 14.4 Å². The van der Waals surface area contributed by atoms with Crippen molar-refractivity contribution in [3.63, 3.8) is 0 Å². The first-order chi connectivity index (χ1) is 12.8. The highest BCUT2D eigenvalue weighted by Gasteiger charge is 2.35. The van der Waals surface area contributed by atoms with Crippen molar-refractivity contribution in [2.75, 3.05) is 19.8 Å². The van der Waals surface area contributed by atoms with E-state index in [1.54, 1.807) is 0 Å². The summed E-state index contributed by atoms with van der Waals surface area (Å²) in [6.07, 6.45) is 3.33. The molecular weight excluding hydrogens is 326 g/mol. The summed E-state index contributed by atoms with van der Waals surface area (Å²) in [5.74, 6) is 0.168. The summed E-state index contributed by atoms with van der Waals surface area (Å²) >= 11 is 0. The van der Waals surface area contributed by atoms with Crippen LogP contribution >= 0.6 is 0 Å². The number of hydrogen-bond donors (Lipinski definition) is 0. The molecule has 1 amide bonds. The third-order valence-corrected chi connectivity index (χ3v) is 5.25. The lowest BCUT2D eigenvalue weighted by atomic mass is 9.99. The number of likely N-dealkylation sites (tertiary alicyclic amines) is 1. The van der Waals surface area contributed by atoms with Gasteiger partial charge in [-0.1, -0.05) is 54.6 Å². The van der Waals surface area contributed by atoms with Gasteiger partial charge >= 0.3 is 0 Å². The molecule has 2 aromatic carbocycles. The summed E-state index contributed by atoms with van der Waals surface area (Å²) in [5.41, 5.74) is 3.41. The van der Waals surface area contributed by atoms with Crippen LogP contribution in [0.2, 0.25) is 0 Å². The van der Waals surface area contributed by atoms with Gasteiger partial charge in [-0.2, -0.15) is 0 Å². The third kappa shape index (κ3) is 3.81. The third-order valence-electron chi connectivity index (χ3n) is 5.25. The topological polar surface area (TPSA) is 38.8 Å².